The van der Waals surface area contributed by atoms with Crippen molar-refractivity contribution in [2.45, 2.75) is 36.2 Å². The summed E-state index contributed by atoms with van der Waals surface area (Å²) in [5, 5.41) is 3.53. The van der Waals surface area contributed by atoms with Gasteiger partial charge in [-0.25, -0.2) is 8.42 Å². The molecule has 6 nitrogen and oxygen atoms in total. The number of piperidine rings is 1. The van der Waals surface area contributed by atoms with Gasteiger partial charge in [0.05, 0.1) is 4.90 Å². The van der Waals surface area contributed by atoms with Crippen LogP contribution in [0.15, 0.2) is 35.7 Å². The van der Waals surface area contributed by atoms with E-state index in [0.717, 1.165) is 6.42 Å². The average molecular weight is 446 g/mol. The van der Waals surface area contributed by atoms with Crippen LogP contribution in [0.3, 0.4) is 0 Å². The van der Waals surface area contributed by atoms with Crippen molar-refractivity contribution in [2.75, 3.05) is 26.7 Å². The second-order valence-electron chi connectivity index (χ2n) is 7.24. The van der Waals surface area contributed by atoms with Gasteiger partial charge in [-0.2, -0.15) is 4.31 Å². The second kappa shape index (κ2) is 8.71. The Morgan fingerprint density at radius 1 is 1.25 bits per heavy atom. The first-order valence-corrected chi connectivity index (χ1v) is 11.5. The van der Waals surface area contributed by atoms with Crippen LogP contribution in [0.25, 0.3) is 0 Å². The zero-order valence-corrected chi connectivity index (χ0v) is 18.1. The van der Waals surface area contributed by atoms with Crippen LogP contribution in [0.1, 0.15) is 19.3 Å². The number of nitrogens with zero attached hydrogens (tertiary/aromatic N) is 2. The van der Waals surface area contributed by atoms with Gasteiger partial charge in [-0.3, -0.25) is 4.79 Å². The van der Waals surface area contributed by atoms with Crippen molar-refractivity contribution in [1.82, 2.24) is 14.5 Å². The first-order valence-electron chi connectivity index (χ1n) is 9.35. The Morgan fingerprint density at radius 2 is 1.93 bits per heavy atom. The van der Waals surface area contributed by atoms with Crippen molar-refractivity contribution >= 4 is 39.1 Å². The number of benzene rings is 1. The standard InChI is InChI=1S/C19H25Cl2N3O3S/c1-3-13-12-23(8-7-22-2)19(25)18-6-4-5-17(13)24(18)28(26,27)16-10-14(20)9-15(21)11-16/h3,9-11,13,17-18,22H,1,4-8,12H2,2H3. The van der Waals surface area contributed by atoms with Crippen molar-refractivity contribution in [3.8, 4) is 0 Å². The minimum atomic E-state index is -3.96. The maximum Gasteiger partial charge on any atom is 0.244 e. The lowest BCUT2D eigenvalue weighted by molar-refractivity contribution is -0.135. The van der Waals surface area contributed by atoms with Crippen LogP contribution in [0, 0.1) is 5.92 Å². The summed E-state index contributed by atoms with van der Waals surface area (Å²) in [7, 11) is -2.13. The van der Waals surface area contributed by atoms with Crippen LogP contribution in [0.5, 0.6) is 0 Å². The molecule has 0 aromatic heterocycles. The molecular formula is C19H25Cl2N3O3S. The molecular weight excluding hydrogens is 421 g/mol. The van der Waals surface area contributed by atoms with E-state index in [2.05, 4.69) is 11.9 Å². The highest BCUT2D eigenvalue weighted by atomic mass is 35.5. The van der Waals surface area contributed by atoms with Crippen molar-refractivity contribution in [2.24, 2.45) is 5.92 Å². The summed E-state index contributed by atoms with van der Waals surface area (Å²) in [6, 6.07) is 3.22. The number of hydrogen-bond donors (Lipinski definition) is 1. The fourth-order valence-electron chi connectivity index (χ4n) is 4.14. The molecule has 9 heteroatoms. The molecule has 154 valence electrons. The number of amides is 1. The van der Waals surface area contributed by atoms with Crippen LogP contribution in [0.2, 0.25) is 10.0 Å². The molecule has 1 aromatic carbocycles. The normalized spacial score (nSPS) is 26.2. The SMILES string of the molecule is C=CC1CN(CCNC)C(=O)C2CCCC1N2S(=O)(=O)c1cc(Cl)cc(Cl)c1. The fraction of sp³-hybridized carbons (Fsp3) is 0.526. The lowest BCUT2D eigenvalue weighted by Gasteiger charge is -2.40. The number of sulfonamides is 1. The molecule has 2 saturated heterocycles. The van der Waals surface area contributed by atoms with Crippen molar-refractivity contribution < 1.29 is 13.2 Å². The molecule has 28 heavy (non-hydrogen) atoms. The van der Waals surface area contributed by atoms with E-state index in [1.807, 2.05) is 7.05 Å². The summed E-state index contributed by atoms with van der Waals surface area (Å²) < 4.78 is 28.5. The smallest absolute Gasteiger partial charge is 0.244 e. The Balaban J connectivity index is 2.07. The van der Waals surface area contributed by atoms with Crippen LogP contribution in [0.4, 0.5) is 0 Å². The molecule has 1 aromatic rings. The van der Waals surface area contributed by atoms with E-state index in [0.29, 0.717) is 32.5 Å². The van der Waals surface area contributed by atoms with Crippen molar-refractivity contribution in [3.05, 3.63) is 40.9 Å². The van der Waals surface area contributed by atoms with Crippen molar-refractivity contribution in [3.63, 3.8) is 0 Å². The van der Waals surface area contributed by atoms with E-state index < -0.39 is 16.1 Å². The van der Waals surface area contributed by atoms with Gasteiger partial charge >= 0.3 is 0 Å². The number of carbonyl (C=O) groups excluding carboxylic acids is 1. The quantitative estimate of drug-likeness (QED) is 0.683. The largest absolute Gasteiger partial charge is 0.339 e. The summed E-state index contributed by atoms with van der Waals surface area (Å²) in [5.74, 6) is -0.295. The van der Waals surface area contributed by atoms with E-state index in [4.69, 9.17) is 23.2 Å². The number of nitrogens with one attached hydrogen (secondary N) is 1. The molecule has 2 fully saturated rings. The van der Waals surface area contributed by atoms with Gasteiger partial charge in [0.25, 0.3) is 0 Å². The Bertz CT molecular complexity index is 842. The Labute approximate surface area is 176 Å². The molecule has 0 radical (unpaired) electrons. The maximum atomic E-state index is 13.6. The van der Waals surface area contributed by atoms with E-state index in [1.165, 1.54) is 22.5 Å². The molecule has 1 amide bonds. The summed E-state index contributed by atoms with van der Waals surface area (Å²) in [5.41, 5.74) is 0. The van der Waals surface area contributed by atoms with Gasteiger partial charge in [0.2, 0.25) is 15.9 Å². The highest BCUT2D eigenvalue weighted by molar-refractivity contribution is 7.89. The van der Waals surface area contributed by atoms with Gasteiger partial charge in [0, 0.05) is 41.6 Å². The van der Waals surface area contributed by atoms with E-state index in [1.54, 1.807) is 11.0 Å². The minimum Gasteiger partial charge on any atom is -0.339 e. The topological polar surface area (TPSA) is 69.7 Å². The lowest BCUT2D eigenvalue weighted by atomic mass is 9.90. The number of likely N-dealkylation sites (N-methyl/N-ethyl adjacent to an activating group) is 1. The fourth-order valence-corrected chi connectivity index (χ4v) is 6.74. The molecule has 1 N–H and O–H groups in total. The molecule has 2 aliphatic rings. The Kier molecular flexibility index (Phi) is 6.72. The van der Waals surface area contributed by atoms with Gasteiger partial charge in [0.1, 0.15) is 6.04 Å². The first kappa shape index (κ1) is 21.6. The zero-order chi connectivity index (χ0) is 20.5. The minimum absolute atomic E-state index is 0.0150. The number of carbonyl (C=O) groups is 1. The molecule has 0 spiro atoms. The molecule has 2 heterocycles. The maximum absolute atomic E-state index is 13.6. The number of fused-ring (bicyclic) bond motifs is 2. The second-order valence-corrected chi connectivity index (χ2v) is 9.96. The van der Waals surface area contributed by atoms with E-state index in [9.17, 15) is 13.2 Å². The third-order valence-corrected chi connectivity index (χ3v) is 7.83. The monoisotopic (exact) mass is 445 g/mol. The highest BCUT2D eigenvalue weighted by Crippen LogP contribution is 2.38. The zero-order valence-electron chi connectivity index (χ0n) is 15.8. The lowest BCUT2D eigenvalue weighted by Crippen LogP contribution is -2.54. The Hall–Kier alpha value is -1.12. The number of halogens is 2. The predicted octanol–water partition coefficient (Wildman–Crippen LogP) is 2.77. The van der Waals surface area contributed by atoms with Gasteiger partial charge in [-0.15, -0.1) is 6.58 Å². The van der Waals surface area contributed by atoms with Crippen LogP contribution in [-0.4, -0.2) is 62.3 Å². The predicted molar refractivity (Wildman–Crippen MR) is 111 cm³/mol. The van der Waals surface area contributed by atoms with Crippen LogP contribution < -0.4 is 5.32 Å². The number of rotatable bonds is 6. The molecule has 3 atom stereocenters. The molecule has 0 saturated carbocycles. The van der Waals surface area contributed by atoms with Crippen LogP contribution >= 0.6 is 23.2 Å². The van der Waals surface area contributed by atoms with E-state index in [-0.39, 0.29) is 32.8 Å². The summed E-state index contributed by atoms with van der Waals surface area (Å²) >= 11 is 12.1. The van der Waals surface area contributed by atoms with Gasteiger partial charge < -0.3 is 10.2 Å². The molecule has 0 aliphatic carbocycles. The summed E-state index contributed by atoms with van der Waals surface area (Å²) in [4.78, 5) is 15.0. The molecule has 3 rings (SSSR count). The summed E-state index contributed by atoms with van der Waals surface area (Å²) in [6.45, 7) is 5.55. The summed E-state index contributed by atoms with van der Waals surface area (Å²) in [6.07, 6.45) is 3.76. The third-order valence-electron chi connectivity index (χ3n) is 5.48. The van der Waals surface area contributed by atoms with Gasteiger partial charge in [0.15, 0.2) is 0 Å². The molecule has 2 bridgehead atoms. The average Bonchev–Trinajstić information content (AvgIpc) is 2.72. The molecule has 2 aliphatic heterocycles. The Morgan fingerprint density at radius 3 is 2.54 bits per heavy atom. The van der Waals surface area contributed by atoms with Gasteiger partial charge in [-0.05, 0) is 44.5 Å². The van der Waals surface area contributed by atoms with Gasteiger partial charge in [-0.1, -0.05) is 29.3 Å². The first-order chi connectivity index (χ1) is 13.3. The van der Waals surface area contributed by atoms with E-state index >= 15 is 0 Å². The molecule has 3 unspecified atom stereocenters. The highest BCUT2D eigenvalue weighted by Gasteiger charge is 2.49. The van der Waals surface area contributed by atoms with Crippen molar-refractivity contribution in [1.29, 1.82) is 0 Å². The number of hydrogen-bond acceptors (Lipinski definition) is 4. The third kappa shape index (κ3) is 4.09. The van der Waals surface area contributed by atoms with Crippen LogP contribution in [-0.2, 0) is 14.8 Å².